The summed E-state index contributed by atoms with van der Waals surface area (Å²) < 4.78 is 4.74. The zero-order valence-corrected chi connectivity index (χ0v) is 20.0. The maximum Gasteiger partial charge on any atom is 0.293 e. The van der Waals surface area contributed by atoms with Gasteiger partial charge in [0.15, 0.2) is 0 Å². The SMILES string of the molecule is CC(C)N[C@@H](Cc1ccccc1)C(=O)N[C@@H](CCCCN)C(=O)Nc1ccc(COC=O)cc1. The summed E-state index contributed by atoms with van der Waals surface area (Å²) in [7, 11) is 0. The number of carbonyl (C=O) groups excluding carboxylic acids is 3. The summed E-state index contributed by atoms with van der Waals surface area (Å²) in [6, 6.07) is 15.7. The normalized spacial score (nSPS) is 12.6. The number of ether oxygens (including phenoxy) is 1. The molecule has 0 aliphatic heterocycles. The molecule has 2 amide bonds. The van der Waals surface area contributed by atoms with E-state index in [-0.39, 0.29) is 24.5 Å². The second-order valence-electron chi connectivity index (χ2n) is 8.50. The van der Waals surface area contributed by atoms with Crippen LogP contribution in [0.4, 0.5) is 5.69 Å². The Labute approximate surface area is 201 Å². The van der Waals surface area contributed by atoms with Gasteiger partial charge in [0.2, 0.25) is 11.8 Å². The Morgan fingerprint density at radius 3 is 2.26 bits per heavy atom. The van der Waals surface area contributed by atoms with Gasteiger partial charge >= 0.3 is 0 Å². The first-order valence-corrected chi connectivity index (χ1v) is 11.7. The Hall–Kier alpha value is -3.23. The molecule has 8 heteroatoms. The zero-order valence-electron chi connectivity index (χ0n) is 20.0. The summed E-state index contributed by atoms with van der Waals surface area (Å²) in [5.41, 5.74) is 8.07. The van der Waals surface area contributed by atoms with Crippen LogP contribution in [0.3, 0.4) is 0 Å². The molecule has 2 rings (SSSR count). The molecule has 0 spiro atoms. The number of hydrogen-bond acceptors (Lipinski definition) is 6. The summed E-state index contributed by atoms with van der Waals surface area (Å²) in [5, 5.41) is 9.13. The van der Waals surface area contributed by atoms with Crippen molar-refractivity contribution in [3.8, 4) is 0 Å². The Kier molecular flexibility index (Phi) is 11.8. The van der Waals surface area contributed by atoms with E-state index in [1.165, 1.54) is 0 Å². The van der Waals surface area contributed by atoms with E-state index in [1.807, 2.05) is 44.2 Å². The molecule has 5 N–H and O–H groups in total. The molecule has 2 atom stereocenters. The molecule has 0 fully saturated rings. The van der Waals surface area contributed by atoms with Crippen LogP contribution < -0.4 is 21.7 Å². The van der Waals surface area contributed by atoms with Gasteiger partial charge in [0, 0.05) is 11.7 Å². The van der Waals surface area contributed by atoms with Gasteiger partial charge in [0.1, 0.15) is 12.6 Å². The number of benzene rings is 2. The van der Waals surface area contributed by atoms with Crippen molar-refractivity contribution in [1.29, 1.82) is 0 Å². The first-order chi connectivity index (χ1) is 16.4. The third-order valence-electron chi connectivity index (χ3n) is 5.25. The van der Waals surface area contributed by atoms with E-state index < -0.39 is 12.1 Å². The first-order valence-electron chi connectivity index (χ1n) is 11.7. The first kappa shape index (κ1) is 27.0. The van der Waals surface area contributed by atoms with Gasteiger partial charge in [-0.2, -0.15) is 0 Å². The molecule has 0 bridgehead atoms. The lowest BCUT2D eigenvalue weighted by atomic mass is 10.0. The predicted octanol–water partition coefficient (Wildman–Crippen LogP) is 2.52. The van der Waals surface area contributed by atoms with Gasteiger partial charge in [-0.05, 0) is 55.5 Å². The van der Waals surface area contributed by atoms with Crippen LogP contribution in [0, 0.1) is 0 Å². The van der Waals surface area contributed by atoms with E-state index in [1.54, 1.807) is 24.3 Å². The third-order valence-corrected chi connectivity index (χ3v) is 5.25. The summed E-state index contributed by atoms with van der Waals surface area (Å²) in [6.07, 6.45) is 2.49. The average molecular weight is 469 g/mol. The molecule has 0 aliphatic rings. The second kappa shape index (κ2) is 14.8. The molecule has 0 aromatic heterocycles. The van der Waals surface area contributed by atoms with E-state index in [0.717, 1.165) is 24.0 Å². The Morgan fingerprint density at radius 2 is 1.65 bits per heavy atom. The van der Waals surface area contributed by atoms with Crippen molar-refractivity contribution in [3.05, 3.63) is 65.7 Å². The highest BCUT2D eigenvalue weighted by Crippen LogP contribution is 2.13. The molecule has 0 saturated heterocycles. The van der Waals surface area contributed by atoms with Crippen molar-refractivity contribution in [2.75, 3.05) is 11.9 Å². The van der Waals surface area contributed by atoms with Crippen LogP contribution in [0.15, 0.2) is 54.6 Å². The van der Waals surface area contributed by atoms with Gasteiger partial charge in [-0.15, -0.1) is 0 Å². The molecule has 8 nitrogen and oxygen atoms in total. The molecular formula is C26H36N4O4. The number of carbonyl (C=O) groups is 3. The van der Waals surface area contributed by atoms with Crippen LogP contribution in [0.5, 0.6) is 0 Å². The minimum Gasteiger partial charge on any atom is -0.463 e. The molecular weight excluding hydrogens is 432 g/mol. The van der Waals surface area contributed by atoms with E-state index in [2.05, 4.69) is 16.0 Å². The quantitative estimate of drug-likeness (QED) is 0.235. The van der Waals surface area contributed by atoms with E-state index in [9.17, 15) is 14.4 Å². The Bertz CT molecular complexity index is 887. The molecule has 0 heterocycles. The third kappa shape index (κ3) is 9.72. The van der Waals surface area contributed by atoms with Gasteiger partial charge < -0.3 is 26.4 Å². The Morgan fingerprint density at radius 1 is 0.941 bits per heavy atom. The van der Waals surface area contributed by atoms with Crippen LogP contribution in [0.2, 0.25) is 0 Å². The lowest BCUT2D eigenvalue weighted by Gasteiger charge is -2.25. The molecule has 2 aromatic rings. The largest absolute Gasteiger partial charge is 0.463 e. The Balaban J connectivity index is 2.08. The minimum absolute atomic E-state index is 0.102. The van der Waals surface area contributed by atoms with Crippen molar-refractivity contribution in [1.82, 2.24) is 10.6 Å². The summed E-state index contributed by atoms with van der Waals surface area (Å²) >= 11 is 0. The lowest BCUT2D eigenvalue weighted by molar-refractivity contribution is -0.129. The van der Waals surface area contributed by atoms with E-state index in [4.69, 9.17) is 10.5 Å². The van der Waals surface area contributed by atoms with Crippen LogP contribution >= 0.6 is 0 Å². The molecule has 0 radical (unpaired) electrons. The van der Waals surface area contributed by atoms with E-state index in [0.29, 0.717) is 31.5 Å². The topological polar surface area (TPSA) is 123 Å². The van der Waals surface area contributed by atoms with Crippen molar-refractivity contribution in [3.63, 3.8) is 0 Å². The maximum atomic E-state index is 13.2. The highest BCUT2D eigenvalue weighted by molar-refractivity contribution is 5.97. The fraction of sp³-hybridized carbons (Fsp3) is 0.423. The minimum atomic E-state index is -0.690. The summed E-state index contributed by atoms with van der Waals surface area (Å²) in [4.78, 5) is 36.6. The van der Waals surface area contributed by atoms with Crippen LogP contribution in [0.25, 0.3) is 0 Å². The van der Waals surface area contributed by atoms with Crippen LogP contribution in [-0.4, -0.2) is 43.0 Å². The number of unbranched alkanes of at least 4 members (excludes halogenated alkanes) is 1. The summed E-state index contributed by atoms with van der Waals surface area (Å²) in [5.74, 6) is -0.503. The number of nitrogens with one attached hydrogen (secondary N) is 3. The molecule has 184 valence electrons. The molecule has 34 heavy (non-hydrogen) atoms. The number of rotatable bonds is 15. The van der Waals surface area contributed by atoms with E-state index >= 15 is 0 Å². The number of amides is 2. The van der Waals surface area contributed by atoms with Crippen molar-refractivity contribution < 1.29 is 19.1 Å². The molecule has 0 aliphatic carbocycles. The lowest BCUT2D eigenvalue weighted by Crippen LogP contribution is -2.53. The smallest absolute Gasteiger partial charge is 0.293 e. The zero-order chi connectivity index (χ0) is 24.8. The van der Waals surface area contributed by atoms with Gasteiger partial charge in [0.25, 0.3) is 6.47 Å². The molecule has 2 aromatic carbocycles. The van der Waals surface area contributed by atoms with Crippen LogP contribution in [0.1, 0.15) is 44.2 Å². The average Bonchev–Trinajstić information content (AvgIpc) is 2.83. The molecule has 0 saturated carbocycles. The number of nitrogens with two attached hydrogens (primary N) is 1. The van der Waals surface area contributed by atoms with Crippen LogP contribution in [-0.2, 0) is 32.1 Å². The fourth-order valence-corrected chi connectivity index (χ4v) is 3.56. The van der Waals surface area contributed by atoms with Crippen molar-refractivity contribution >= 4 is 24.0 Å². The number of hydrogen-bond donors (Lipinski definition) is 4. The summed E-state index contributed by atoms with van der Waals surface area (Å²) in [6.45, 7) is 5.06. The maximum absolute atomic E-state index is 13.2. The standard InChI is InChI=1S/C26H36N4O4/c1-19(2)28-24(16-20-8-4-3-5-9-20)26(33)30-23(10-6-7-15-27)25(32)29-22-13-11-21(12-14-22)17-34-18-31/h3-5,8-9,11-14,18-19,23-24,28H,6-7,10,15-17,27H2,1-2H3,(H,29,32)(H,30,33)/t23-,24-/m0/s1. The van der Waals surface area contributed by atoms with Gasteiger partial charge in [-0.1, -0.05) is 56.3 Å². The van der Waals surface area contributed by atoms with Crippen molar-refractivity contribution in [2.45, 2.75) is 64.3 Å². The molecule has 0 unspecified atom stereocenters. The highest BCUT2D eigenvalue weighted by atomic mass is 16.5. The van der Waals surface area contributed by atoms with Crippen molar-refractivity contribution in [2.24, 2.45) is 5.73 Å². The fourth-order valence-electron chi connectivity index (χ4n) is 3.56. The van der Waals surface area contributed by atoms with Gasteiger partial charge in [-0.3, -0.25) is 14.4 Å². The number of anilines is 1. The van der Waals surface area contributed by atoms with Gasteiger partial charge in [-0.25, -0.2) is 0 Å². The van der Waals surface area contributed by atoms with Gasteiger partial charge in [0.05, 0.1) is 6.04 Å². The predicted molar refractivity (Wildman–Crippen MR) is 133 cm³/mol. The monoisotopic (exact) mass is 468 g/mol. The second-order valence-corrected chi connectivity index (χ2v) is 8.50. The highest BCUT2D eigenvalue weighted by Gasteiger charge is 2.26.